The molecule has 96 valence electrons. The van der Waals surface area contributed by atoms with Gasteiger partial charge in [-0.25, -0.2) is 8.42 Å². The summed E-state index contributed by atoms with van der Waals surface area (Å²) < 4.78 is 114. The van der Waals surface area contributed by atoms with Crippen LogP contribution >= 0.6 is 0 Å². The standard InChI is InChI=1S/C4HF7O4S.K/c5-1(6)2(7)15-3(8,9)4(10,11)16(12,13)14;/h(H,12,13,14);/q;+1/p-1. The molecule has 0 unspecified atom stereocenters. The zero-order valence-electron chi connectivity index (χ0n) is 7.69. The molecule has 0 heterocycles. The number of ether oxygens (including phenoxy) is 1. The second-order valence-electron chi connectivity index (χ2n) is 2.12. The Morgan fingerprint density at radius 3 is 1.65 bits per heavy atom. The summed E-state index contributed by atoms with van der Waals surface area (Å²) in [5, 5.41) is -6.40. The second kappa shape index (κ2) is 6.16. The van der Waals surface area contributed by atoms with Gasteiger partial charge < -0.3 is 9.29 Å². The van der Waals surface area contributed by atoms with Crippen molar-refractivity contribution < 1.29 is 99.8 Å². The van der Waals surface area contributed by atoms with E-state index in [0.717, 1.165) is 0 Å². The smallest absolute Gasteiger partial charge is 0.743 e. The van der Waals surface area contributed by atoms with Crippen LogP contribution in [-0.2, 0) is 14.9 Å². The number of alkyl halides is 4. The van der Waals surface area contributed by atoms with E-state index in [-0.39, 0.29) is 51.4 Å². The van der Waals surface area contributed by atoms with Gasteiger partial charge in [0.25, 0.3) is 0 Å². The number of rotatable bonds is 4. The maximum absolute atomic E-state index is 12.1. The van der Waals surface area contributed by atoms with E-state index < -0.39 is 33.6 Å². The first kappa shape index (κ1) is 19.9. The van der Waals surface area contributed by atoms with Crippen molar-refractivity contribution in [3.63, 3.8) is 0 Å². The number of hydrogen-bond acceptors (Lipinski definition) is 4. The summed E-state index contributed by atoms with van der Waals surface area (Å²) in [6, 6.07) is -3.42. The maximum Gasteiger partial charge on any atom is 1.00 e. The quantitative estimate of drug-likeness (QED) is 0.282. The summed E-state index contributed by atoms with van der Waals surface area (Å²) in [7, 11) is -6.92. The van der Waals surface area contributed by atoms with Crippen molar-refractivity contribution in [2.24, 2.45) is 0 Å². The predicted molar refractivity (Wildman–Crippen MR) is 31.0 cm³/mol. The SMILES string of the molecule is O=S(=O)([O-])C(F)(F)C(F)(F)OC(F)=C(F)F.[K+]. The van der Waals surface area contributed by atoms with Crippen LogP contribution in [0.15, 0.2) is 12.1 Å². The van der Waals surface area contributed by atoms with Gasteiger partial charge >= 0.3 is 74.8 Å². The Kier molecular flexibility index (Phi) is 7.22. The third-order valence-electron chi connectivity index (χ3n) is 1.02. The molecule has 0 radical (unpaired) electrons. The van der Waals surface area contributed by atoms with Gasteiger partial charge in [0.05, 0.1) is 0 Å². The van der Waals surface area contributed by atoms with E-state index in [2.05, 4.69) is 4.74 Å². The van der Waals surface area contributed by atoms with Gasteiger partial charge in [-0.05, 0) is 0 Å². The van der Waals surface area contributed by atoms with Crippen LogP contribution in [0.2, 0.25) is 0 Å². The summed E-state index contributed by atoms with van der Waals surface area (Å²) in [5.74, 6) is 0. The fourth-order valence-electron chi connectivity index (χ4n) is 0.356. The van der Waals surface area contributed by atoms with Gasteiger partial charge in [-0.2, -0.15) is 30.7 Å². The monoisotopic (exact) mass is 316 g/mol. The van der Waals surface area contributed by atoms with E-state index in [1.54, 1.807) is 0 Å². The third-order valence-corrected chi connectivity index (χ3v) is 1.88. The topological polar surface area (TPSA) is 66.4 Å². The summed E-state index contributed by atoms with van der Waals surface area (Å²) in [6.45, 7) is 0. The van der Waals surface area contributed by atoms with E-state index in [0.29, 0.717) is 0 Å². The Morgan fingerprint density at radius 2 is 1.41 bits per heavy atom. The number of halogens is 7. The van der Waals surface area contributed by atoms with Crippen LogP contribution in [0.5, 0.6) is 0 Å². The van der Waals surface area contributed by atoms with Crippen LogP contribution < -0.4 is 51.4 Å². The Bertz CT molecular complexity index is 400. The maximum atomic E-state index is 12.1. The minimum absolute atomic E-state index is 0. The molecule has 13 heteroatoms. The van der Waals surface area contributed by atoms with Crippen LogP contribution in [0.3, 0.4) is 0 Å². The Morgan fingerprint density at radius 1 is 1.06 bits per heavy atom. The molecule has 0 N–H and O–H groups in total. The van der Waals surface area contributed by atoms with Gasteiger partial charge in [0.15, 0.2) is 10.1 Å². The molecule has 0 aliphatic carbocycles. The molecule has 0 aliphatic rings. The first-order valence-corrected chi connectivity index (χ1v) is 4.34. The van der Waals surface area contributed by atoms with Crippen LogP contribution in [0.25, 0.3) is 0 Å². The Labute approximate surface area is 132 Å². The predicted octanol–water partition coefficient (Wildman–Crippen LogP) is -1.23. The first-order valence-electron chi connectivity index (χ1n) is 2.94. The van der Waals surface area contributed by atoms with E-state index >= 15 is 0 Å². The van der Waals surface area contributed by atoms with Gasteiger partial charge in [-0.1, -0.05) is 0 Å². The van der Waals surface area contributed by atoms with Crippen molar-refractivity contribution in [2.45, 2.75) is 11.4 Å². The molecule has 0 aromatic heterocycles. The van der Waals surface area contributed by atoms with Crippen LogP contribution in [-0.4, -0.2) is 24.3 Å². The van der Waals surface area contributed by atoms with Crippen molar-refractivity contribution in [1.29, 1.82) is 0 Å². The molecular weight excluding hydrogens is 316 g/mol. The third kappa shape index (κ3) is 4.64. The molecule has 0 spiro atoms. The molecule has 0 amide bonds. The summed E-state index contributed by atoms with van der Waals surface area (Å²) in [5.41, 5.74) is 0. The summed E-state index contributed by atoms with van der Waals surface area (Å²) >= 11 is 0. The molecule has 0 saturated carbocycles. The van der Waals surface area contributed by atoms with Crippen molar-refractivity contribution in [3.8, 4) is 0 Å². The van der Waals surface area contributed by atoms with Gasteiger partial charge in [-0.3, -0.25) is 0 Å². The molecule has 0 atom stereocenters. The van der Waals surface area contributed by atoms with Gasteiger partial charge in [0.2, 0.25) is 0 Å². The largest absolute Gasteiger partial charge is 1.00 e. The van der Waals surface area contributed by atoms with Crippen molar-refractivity contribution in [2.75, 3.05) is 0 Å². The molecule has 17 heavy (non-hydrogen) atoms. The van der Waals surface area contributed by atoms with Crippen molar-refractivity contribution in [3.05, 3.63) is 12.1 Å². The van der Waals surface area contributed by atoms with E-state index in [4.69, 9.17) is 0 Å². The molecule has 0 saturated heterocycles. The molecule has 0 aromatic carbocycles. The molecule has 0 rings (SSSR count). The van der Waals surface area contributed by atoms with E-state index in [9.17, 15) is 43.7 Å². The van der Waals surface area contributed by atoms with Gasteiger partial charge in [-0.15, -0.1) is 0 Å². The molecule has 0 aromatic rings. The van der Waals surface area contributed by atoms with Gasteiger partial charge in [0, 0.05) is 0 Å². The molecule has 0 fully saturated rings. The minimum atomic E-state index is -6.92. The molecule has 0 aliphatic heterocycles. The molecule has 4 nitrogen and oxygen atoms in total. The van der Waals surface area contributed by atoms with E-state index in [1.807, 2.05) is 0 Å². The minimum Gasteiger partial charge on any atom is -0.743 e. The fraction of sp³-hybridized carbons (Fsp3) is 0.500. The molecular formula is C4F7KO4S. The average Bonchev–Trinajstić information content (AvgIpc) is 2.00. The van der Waals surface area contributed by atoms with Crippen LogP contribution in [0.4, 0.5) is 30.7 Å². The Hall–Kier alpha value is 0.596. The van der Waals surface area contributed by atoms with Crippen LogP contribution in [0, 0.1) is 0 Å². The normalized spacial score (nSPS) is 12.7. The Balaban J connectivity index is 0. The summed E-state index contributed by atoms with van der Waals surface area (Å²) in [6.07, 6.45) is -9.79. The first-order chi connectivity index (χ1) is 6.83. The van der Waals surface area contributed by atoms with E-state index in [1.165, 1.54) is 0 Å². The zero-order valence-corrected chi connectivity index (χ0v) is 11.6. The fourth-order valence-corrected chi connectivity index (χ4v) is 0.689. The van der Waals surface area contributed by atoms with Crippen molar-refractivity contribution in [1.82, 2.24) is 0 Å². The summed E-state index contributed by atoms with van der Waals surface area (Å²) in [4.78, 5) is 0. The van der Waals surface area contributed by atoms with Crippen LogP contribution in [0.1, 0.15) is 0 Å². The second-order valence-corrected chi connectivity index (χ2v) is 3.54. The van der Waals surface area contributed by atoms with Gasteiger partial charge in [0.1, 0.15) is 0 Å². The zero-order chi connectivity index (χ0) is 13.4. The molecule has 0 bridgehead atoms. The number of hydrogen-bond donors (Lipinski definition) is 0. The average molecular weight is 316 g/mol. The van der Waals surface area contributed by atoms with Crippen molar-refractivity contribution >= 4 is 10.1 Å².